The zero-order valence-electron chi connectivity index (χ0n) is 11.4. The quantitative estimate of drug-likeness (QED) is 0.766. The van der Waals surface area contributed by atoms with Gasteiger partial charge in [0.2, 0.25) is 0 Å². The summed E-state index contributed by atoms with van der Waals surface area (Å²) in [5.74, 6) is 0.505. The average molecular weight is 277 g/mol. The van der Waals surface area contributed by atoms with Gasteiger partial charge in [-0.05, 0) is 29.3 Å². The zero-order valence-corrected chi connectivity index (χ0v) is 11.4. The lowest BCUT2D eigenvalue weighted by Gasteiger charge is -2.09. The molecule has 2 heterocycles. The van der Waals surface area contributed by atoms with Crippen molar-refractivity contribution < 1.29 is 0 Å². The van der Waals surface area contributed by atoms with E-state index in [2.05, 4.69) is 32.4 Å². The van der Waals surface area contributed by atoms with Crippen LogP contribution in [-0.2, 0) is 6.54 Å². The molecule has 0 aliphatic rings. The Morgan fingerprint density at radius 2 is 1.86 bits per heavy atom. The summed E-state index contributed by atoms with van der Waals surface area (Å²) in [6.45, 7) is 0.678. The molecule has 3 rings (SSSR count). The van der Waals surface area contributed by atoms with Gasteiger partial charge in [0.25, 0.3) is 0 Å². The lowest BCUT2D eigenvalue weighted by molar-refractivity contribution is 1.14. The predicted molar refractivity (Wildman–Crippen MR) is 83.4 cm³/mol. The first kappa shape index (κ1) is 13.1. The van der Waals surface area contributed by atoms with Crippen LogP contribution in [0.15, 0.2) is 61.3 Å². The Morgan fingerprint density at radius 1 is 1.00 bits per heavy atom. The first-order valence-electron chi connectivity index (χ1n) is 6.61. The van der Waals surface area contributed by atoms with Gasteiger partial charge in [-0.15, -0.1) is 0 Å². The maximum absolute atomic E-state index is 5.82. The lowest BCUT2D eigenvalue weighted by atomic mass is 10.1. The molecule has 0 bridgehead atoms. The van der Waals surface area contributed by atoms with Crippen molar-refractivity contribution in [3.05, 3.63) is 66.9 Å². The molecule has 0 radical (unpaired) electrons. The second kappa shape index (κ2) is 6.00. The summed E-state index contributed by atoms with van der Waals surface area (Å²) in [6.07, 6.45) is 6.81. The van der Waals surface area contributed by atoms with Crippen LogP contribution in [0.2, 0.25) is 0 Å². The van der Waals surface area contributed by atoms with E-state index in [1.807, 2.05) is 24.3 Å². The number of nitrogen functional groups attached to an aromatic ring is 1. The number of nitrogens with zero attached hydrogens (tertiary/aromatic N) is 3. The molecule has 0 amide bonds. The van der Waals surface area contributed by atoms with Crippen molar-refractivity contribution in [2.24, 2.45) is 0 Å². The fourth-order valence-corrected chi connectivity index (χ4v) is 2.07. The lowest BCUT2D eigenvalue weighted by Crippen LogP contribution is -2.03. The molecular formula is C16H15N5. The fraction of sp³-hybridized carbons (Fsp3) is 0.0625. The monoisotopic (exact) mass is 277 g/mol. The van der Waals surface area contributed by atoms with E-state index < -0.39 is 0 Å². The van der Waals surface area contributed by atoms with E-state index in [0.717, 1.165) is 22.4 Å². The van der Waals surface area contributed by atoms with Crippen molar-refractivity contribution >= 4 is 11.5 Å². The minimum atomic E-state index is 0.505. The summed E-state index contributed by atoms with van der Waals surface area (Å²) in [5.41, 5.74) is 9.90. The van der Waals surface area contributed by atoms with Crippen molar-refractivity contribution in [3.63, 3.8) is 0 Å². The largest absolute Gasteiger partial charge is 0.382 e. The Balaban J connectivity index is 1.77. The minimum absolute atomic E-state index is 0.505. The smallest absolute Gasteiger partial charge is 0.146 e. The van der Waals surface area contributed by atoms with Crippen LogP contribution in [0.4, 0.5) is 11.5 Å². The van der Waals surface area contributed by atoms with Crippen molar-refractivity contribution in [1.82, 2.24) is 15.0 Å². The molecule has 2 aromatic heterocycles. The molecular weight excluding hydrogens is 262 g/mol. The van der Waals surface area contributed by atoms with Crippen molar-refractivity contribution in [3.8, 4) is 11.1 Å². The molecule has 5 nitrogen and oxygen atoms in total. The topological polar surface area (TPSA) is 76.7 Å². The van der Waals surface area contributed by atoms with E-state index >= 15 is 0 Å². The van der Waals surface area contributed by atoms with Crippen LogP contribution in [0.5, 0.6) is 0 Å². The Kier molecular flexibility index (Phi) is 3.73. The van der Waals surface area contributed by atoms with Gasteiger partial charge in [0.15, 0.2) is 0 Å². The Bertz CT molecular complexity index is 727. The SMILES string of the molecule is Nc1ncccc1NCc1cccc(-c2cncnc2)c1. The molecule has 5 heteroatoms. The third-order valence-corrected chi connectivity index (χ3v) is 3.14. The second-order valence-electron chi connectivity index (χ2n) is 4.62. The maximum Gasteiger partial charge on any atom is 0.146 e. The van der Waals surface area contributed by atoms with Gasteiger partial charge in [-0.3, -0.25) is 0 Å². The van der Waals surface area contributed by atoms with E-state index in [4.69, 9.17) is 5.73 Å². The van der Waals surface area contributed by atoms with Crippen LogP contribution in [0, 0.1) is 0 Å². The number of benzene rings is 1. The number of rotatable bonds is 4. The molecule has 0 aliphatic heterocycles. The number of nitrogens with two attached hydrogens (primary N) is 1. The Labute approximate surface area is 122 Å². The molecule has 0 fully saturated rings. The van der Waals surface area contributed by atoms with Gasteiger partial charge in [0.1, 0.15) is 12.1 Å². The maximum atomic E-state index is 5.82. The van der Waals surface area contributed by atoms with Gasteiger partial charge in [-0.2, -0.15) is 0 Å². The molecule has 0 saturated heterocycles. The van der Waals surface area contributed by atoms with Crippen molar-refractivity contribution in [2.75, 3.05) is 11.1 Å². The molecule has 3 N–H and O–H groups in total. The van der Waals surface area contributed by atoms with Crippen molar-refractivity contribution in [2.45, 2.75) is 6.54 Å². The Morgan fingerprint density at radius 3 is 2.67 bits per heavy atom. The third kappa shape index (κ3) is 3.14. The molecule has 1 aromatic carbocycles. The predicted octanol–water partition coefficient (Wildman–Crippen LogP) is 2.73. The molecule has 104 valence electrons. The number of anilines is 2. The fourth-order valence-electron chi connectivity index (χ4n) is 2.07. The molecule has 0 spiro atoms. The van der Waals surface area contributed by atoms with Crippen molar-refractivity contribution in [1.29, 1.82) is 0 Å². The molecule has 0 aliphatic carbocycles. The van der Waals surface area contributed by atoms with E-state index in [9.17, 15) is 0 Å². The summed E-state index contributed by atoms with van der Waals surface area (Å²) < 4.78 is 0. The van der Waals surface area contributed by atoms with Crippen LogP contribution < -0.4 is 11.1 Å². The van der Waals surface area contributed by atoms with E-state index in [-0.39, 0.29) is 0 Å². The first-order chi connectivity index (χ1) is 10.3. The van der Waals surface area contributed by atoms with E-state index in [0.29, 0.717) is 12.4 Å². The summed E-state index contributed by atoms with van der Waals surface area (Å²) in [7, 11) is 0. The van der Waals surface area contributed by atoms with E-state index in [1.54, 1.807) is 18.6 Å². The van der Waals surface area contributed by atoms with Crippen LogP contribution >= 0.6 is 0 Å². The summed E-state index contributed by atoms with van der Waals surface area (Å²) >= 11 is 0. The van der Waals surface area contributed by atoms with Crippen LogP contribution in [0.25, 0.3) is 11.1 Å². The number of nitrogens with one attached hydrogen (secondary N) is 1. The highest BCUT2D eigenvalue weighted by Crippen LogP contribution is 2.20. The van der Waals surface area contributed by atoms with Crippen LogP contribution in [0.1, 0.15) is 5.56 Å². The normalized spacial score (nSPS) is 10.3. The molecule has 21 heavy (non-hydrogen) atoms. The molecule has 0 unspecified atom stereocenters. The number of hydrogen-bond acceptors (Lipinski definition) is 5. The molecule has 0 atom stereocenters. The number of hydrogen-bond donors (Lipinski definition) is 2. The van der Waals surface area contributed by atoms with Crippen LogP contribution in [0.3, 0.4) is 0 Å². The minimum Gasteiger partial charge on any atom is -0.382 e. The van der Waals surface area contributed by atoms with Gasteiger partial charge in [0, 0.05) is 30.7 Å². The molecule has 0 saturated carbocycles. The highest BCUT2D eigenvalue weighted by Gasteiger charge is 2.02. The van der Waals surface area contributed by atoms with Gasteiger partial charge in [0.05, 0.1) is 5.69 Å². The Hall–Kier alpha value is -2.95. The van der Waals surface area contributed by atoms with Crippen LogP contribution in [-0.4, -0.2) is 15.0 Å². The third-order valence-electron chi connectivity index (χ3n) is 3.14. The highest BCUT2D eigenvalue weighted by atomic mass is 14.9. The second-order valence-corrected chi connectivity index (χ2v) is 4.62. The molecule has 3 aromatic rings. The number of aromatic nitrogens is 3. The standard InChI is InChI=1S/C16H15N5/c17-16-15(5-2-6-20-16)21-8-12-3-1-4-13(7-12)14-9-18-11-19-10-14/h1-7,9-11,21H,8H2,(H2,17,20). The van der Waals surface area contributed by atoms with Gasteiger partial charge < -0.3 is 11.1 Å². The number of pyridine rings is 1. The summed E-state index contributed by atoms with van der Waals surface area (Å²) in [4.78, 5) is 12.1. The summed E-state index contributed by atoms with van der Waals surface area (Å²) in [5, 5.41) is 3.29. The average Bonchev–Trinajstić information content (AvgIpc) is 2.55. The van der Waals surface area contributed by atoms with Gasteiger partial charge in [-0.1, -0.05) is 18.2 Å². The first-order valence-corrected chi connectivity index (χ1v) is 6.61. The summed E-state index contributed by atoms with van der Waals surface area (Å²) in [6, 6.07) is 12.0. The van der Waals surface area contributed by atoms with Gasteiger partial charge in [-0.25, -0.2) is 15.0 Å². The van der Waals surface area contributed by atoms with E-state index in [1.165, 1.54) is 6.33 Å². The zero-order chi connectivity index (χ0) is 14.5. The van der Waals surface area contributed by atoms with Gasteiger partial charge >= 0.3 is 0 Å². The highest BCUT2D eigenvalue weighted by molar-refractivity contribution is 5.63.